The van der Waals surface area contributed by atoms with Gasteiger partial charge in [-0.2, -0.15) is 0 Å². The maximum atomic E-state index is 12.3. The van der Waals surface area contributed by atoms with Crippen molar-refractivity contribution in [2.45, 2.75) is 25.3 Å². The summed E-state index contributed by atoms with van der Waals surface area (Å²) in [7, 11) is 1.94. The van der Waals surface area contributed by atoms with Gasteiger partial charge in [0.05, 0.1) is 12.2 Å². The van der Waals surface area contributed by atoms with Crippen molar-refractivity contribution in [3.05, 3.63) is 42.2 Å². The second-order valence-electron chi connectivity index (χ2n) is 5.56. The fourth-order valence-corrected chi connectivity index (χ4v) is 2.81. The van der Waals surface area contributed by atoms with Crippen LogP contribution in [0.5, 0.6) is 0 Å². The fraction of sp³-hybridized carbons (Fsp3) is 0.467. The zero-order valence-corrected chi connectivity index (χ0v) is 12.6. The molecule has 0 bridgehead atoms. The average molecular weight is 300 g/mol. The van der Waals surface area contributed by atoms with E-state index in [-0.39, 0.29) is 11.9 Å². The van der Waals surface area contributed by atoms with E-state index in [0.717, 1.165) is 30.9 Å². The lowest BCUT2D eigenvalue weighted by molar-refractivity contribution is 0.177. The molecule has 0 spiro atoms. The highest BCUT2D eigenvalue weighted by atomic mass is 16.2. The zero-order valence-electron chi connectivity index (χ0n) is 12.6. The maximum Gasteiger partial charge on any atom is 0.317 e. The summed E-state index contributed by atoms with van der Waals surface area (Å²) in [6.07, 6.45) is 5.45. The molecule has 7 nitrogen and oxygen atoms in total. The molecule has 2 aromatic rings. The van der Waals surface area contributed by atoms with E-state index in [1.807, 2.05) is 34.7 Å². The van der Waals surface area contributed by atoms with Gasteiger partial charge in [0, 0.05) is 32.3 Å². The number of likely N-dealkylation sites (tertiary alicyclic amines) is 1. The summed E-state index contributed by atoms with van der Waals surface area (Å²) in [6.45, 7) is 1.91. The minimum absolute atomic E-state index is 0.0440. The summed E-state index contributed by atoms with van der Waals surface area (Å²) in [4.78, 5) is 18.4. The van der Waals surface area contributed by atoms with Gasteiger partial charge in [-0.05, 0) is 25.0 Å². The molecule has 0 radical (unpaired) electrons. The van der Waals surface area contributed by atoms with Crippen molar-refractivity contribution in [2.75, 3.05) is 13.1 Å². The van der Waals surface area contributed by atoms with E-state index >= 15 is 0 Å². The lowest BCUT2D eigenvalue weighted by Gasteiger charge is -2.32. The van der Waals surface area contributed by atoms with E-state index in [1.165, 1.54) is 0 Å². The normalized spacial score (nSPS) is 18.2. The Morgan fingerprint density at radius 2 is 2.36 bits per heavy atom. The minimum Gasteiger partial charge on any atom is -0.332 e. The van der Waals surface area contributed by atoms with Crippen molar-refractivity contribution in [3.8, 4) is 0 Å². The number of carbonyl (C=O) groups excluding carboxylic acids is 1. The van der Waals surface area contributed by atoms with Gasteiger partial charge >= 0.3 is 6.03 Å². The van der Waals surface area contributed by atoms with E-state index in [0.29, 0.717) is 13.1 Å². The third-order valence-corrected chi connectivity index (χ3v) is 3.97. The number of pyridine rings is 1. The molecule has 7 heteroatoms. The third kappa shape index (κ3) is 3.24. The summed E-state index contributed by atoms with van der Waals surface area (Å²) in [5, 5.41) is 11.0. The molecule has 0 unspecified atom stereocenters. The molecule has 1 N–H and O–H groups in total. The van der Waals surface area contributed by atoms with E-state index in [9.17, 15) is 4.79 Å². The van der Waals surface area contributed by atoms with Gasteiger partial charge in [0.1, 0.15) is 12.2 Å². The topological polar surface area (TPSA) is 75.9 Å². The second-order valence-corrected chi connectivity index (χ2v) is 5.56. The van der Waals surface area contributed by atoms with E-state index < -0.39 is 0 Å². The van der Waals surface area contributed by atoms with Crippen LogP contribution in [0.15, 0.2) is 30.7 Å². The fourth-order valence-electron chi connectivity index (χ4n) is 2.81. The number of hydrogen-bond acceptors (Lipinski definition) is 4. The molecule has 1 saturated heterocycles. The molecule has 2 aromatic heterocycles. The Hall–Kier alpha value is -2.44. The van der Waals surface area contributed by atoms with Crippen molar-refractivity contribution < 1.29 is 4.79 Å². The van der Waals surface area contributed by atoms with Gasteiger partial charge in [-0.15, -0.1) is 10.2 Å². The van der Waals surface area contributed by atoms with Crippen LogP contribution in [-0.2, 0) is 13.6 Å². The van der Waals surface area contributed by atoms with E-state index in [2.05, 4.69) is 20.5 Å². The maximum absolute atomic E-state index is 12.3. The molecule has 1 aliphatic heterocycles. The number of rotatable bonds is 3. The van der Waals surface area contributed by atoms with E-state index in [1.54, 1.807) is 12.5 Å². The molecule has 2 amide bonds. The Morgan fingerprint density at radius 3 is 3.09 bits per heavy atom. The summed E-state index contributed by atoms with van der Waals surface area (Å²) < 4.78 is 1.93. The van der Waals surface area contributed by atoms with Crippen LogP contribution in [0.3, 0.4) is 0 Å². The number of carbonyl (C=O) groups is 1. The van der Waals surface area contributed by atoms with Gasteiger partial charge < -0.3 is 14.8 Å². The molecule has 0 aromatic carbocycles. The van der Waals surface area contributed by atoms with Gasteiger partial charge in [0.15, 0.2) is 0 Å². The largest absolute Gasteiger partial charge is 0.332 e. The van der Waals surface area contributed by atoms with Gasteiger partial charge in [0.2, 0.25) is 0 Å². The van der Waals surface area contributed by atoms with Crippen LogP contribution in [0.25, 0.3) is 0 Å². The SMILES string of the molecule is Cn1cnnc1[C@H]1CCCN(C(=O)NCc2ccccn2)C1. The van der Waals surface area contributed by atoms with Crippen molar-refractivity contribution in [1.82, 2.24) is 30.0 Å². The van der Waals surface area contributed by atoms with Crippen LogP contribution in [0.2, 0.25) is 0 Å². The summed E-state index contributed by atoms with van der Waals surface area (Å²) in [5.41, 5.74) is 0.859. The van der Waals surface area contributed by atoms with Crippen LogP contribution in [-0.4, -0.2) is 43.8 Å². The number of nitrogens with zero attached hydrogens (tertiary/aromatic N) is 5. The number of amides is 2. The molecule has 3 rings (SSSR count). The smallest absolute Gasteiger partial charge is 0.317 e. The lowest BCUT2D eigenvalue weighted by atomic mass is 9.97. The Kier molecular flexibility index (Phi) is 4.32. The van der Waals surface area contributed by atoms with Crippen LogP contribution < -0.4 is 5.32 Å². The number of aryl methyl sites for hydroxylation is 1. The standard InChI is InChI=1S/C15H20N6O/c1-20-11-18-19-14(20)12-5-4-8-21(10-12)15(22)17-9-13-6-2-3-7-16-13/h2-3,6-7,11-12H,4-5,8-10H2,1H3,(H,17,22)/t12-/m0/s1. The summed E-state index contributed by atoms with van der Waals surface area (Å²) >= 11 is 0. The first-order valence-corrected chi connectivity index (χ1v) is 7.50. The first kappa shape index (κ1) is 14.5. The minimum atomic E-state index is -0.0440. The van der Waals surface area contributed by atoms with Crippen molar-refractivity contribution in [2.24, 2.45) is 7.05 Å². The Balaban J connectivity index is 1.57. The molecule has 1 aliphatic rings. The monoisotopic (exact) mass is 300 g/mol. The third-order valence-electron chi connectivity index (χ3n) is 3.97. The molecular weight excluding hydrogens is 280 g/mol. The van der Waals surface area contributed by atoms with Crippen molar-refractivity contribution >= 4 is 6.03 Å². The Morgan fingerprint density at radius 1 is 1.45 bits per heavy atom. The van der Waals surface area contributed by atoms with Crippen LogP contribution in [0.4, 0.5) is 4.79 Å². The first-order chi connectivity index (χ1) is 10.7. The van der Waals surface area contributed by atoms with Gasteiger partial charge in [0.25, 0.3) is 0 Å². The average Bonchev–Trinajstić information content (AvgIpc) is 3.00. The van der Waals surface area contributed by atoms with Crippen LogP contribution >= 0.6 is 0 Å². The van der Waals surface area contributed by atoms with Gasteiger partial charge in [-0.25, -0.2) is 4.79 Å². The second kappa shape index (κ2) is 6.55. The van der Waals surface area contributed by atoms with Crippen molar-refractivity contribution in [3.63, 3.8) is 0 Å². The number of urea groups is 1. The Labute approximate surface area is 129 Å². The molecule has 116 valence electrons. The summed E-state index contributed by atoms with van der Waals surface area (Å²) in [6, 6.07) is 5.64. The molecule has 0 aliphatic carbocycles. The lowest BCUT2D eigenvalue weighted by Crippen LogP contribution is -2.45. The molecular formula is C15H20N6O. The van der Waals surface area contributed by atoms with Gasteiger partial charge in [-0.1, -0.05) is 6.07 Å². The van der Waals surface area contributed by atoms with Gasteiger partial charge in [-0.3, -0.25) is 4.98 Å². The van der Waals surface area contributed by atoms with Crippen molar-refractivity contribution in [1.29, 1.82) is 0 Å². The van der Waals surface area contributed by atoms with Crippen LogP contribution in [0, 0.1) is 0 Å². The predicted octanol–water partition coefficient (Wildman–Crippen LogP) is 1.30. The highest BCUT2D eigenvalue weighted by Crippen LogP contribution is 2.24. The number of nitrogens with one attached hydrogen (secondary N) is 1. The first-order valence-electron chi connectivity index (χ1n) is 7.50. The van der Waals surface area contributed by atoms with E-state index in [4.69, 9.17) is 0 Å². The number of aromatic nitrogens is 4. The zero-order chi connectivity index (χ0) is 15.4. The number of piperidine rings is 1. The highest BCUT2D eigenvalue weighted by molar-refractivity contribution is 5.74. The number of hydrogen-bond donors (Lipinski definition) is 1. The molecule has 1 fully saturated rings. The molecule has 1 atom stereocenters. The molecule has 3 heterocycles. The quantitative estimate of drug-likeness (QED) is 0.927. The van der Waals surface area contributed by atoms with Crippen LogP contribution in [0.1, 0.15) is 30.3 Å². The summed E-state index contributed by atoms with van der Waals surface area (Å²) in [5.74, 6) is 1.20. The molecule has 22 heavy (non-hydrogen) atoms. The Bertz CT molecular complexity index is 626. The molecule has 0 saturated carbocycles. The predicted molar refractivity (Wildman–Crippen MR) is 81.0 cm³/mol. The highest BCUT2D eigenvalue weighted by Gasteiger charge is 2.27.